The minimum atomic E-state index is -1.48. The van der Waals surface area contributed by atoms with Crippen LogP contribution in [0.2, 0.25) is 0 Å². The SMILES string of the molecule is CCOc1cc([C@@H]2[C@H](C)N[C@@]3(C(=O)Nc4ccccc43)[C@H]2[N+](=O)[O-])ccc1OCc1ccc(F)cc1. The molecule has 4 atom stereocenters. The molecule has 0 aliphatic carbocycles. The van der Waals surface area contributed by atoms with Crippen LogP contribution < -0.4 is 20.1 Å². The molecule has 8 nitrogen and oxygen atoms in total. The molecule has 3 aromatic carbocycles. The summed E-state index contributed by atoms with van der Waals surface area (Å²) in [6, 6.07) is 16.7. The van der Waals surface area contributed by atoms with Crippen molar-refractivity contribution >= 4 is 11.6 Å². The van der Waals surface area contributed by atoms with Crippen LogP contribution in [0, 0.1) is 15.9 Å². The number of hydrogen-bond acceptors (Lipinski definition) is 6. The third kappa shape index (κ3) is 3.85. The summed E-state index contributed by atoms with van der Waals surface area (Å²) in [4.78, 5) is 25.4. The zero-order valence-electron chi connectivity index (χ0n) is 19.9. The summed E-state index contributed by atoms with van der Waals surface area (Å²) in [6.45, 7) is 4.26. The van der Waals surface area contributed by atoms with Gasteiger partial charge in [-0.05, 0) is 55.3 Å². The maximum Gasteiger partial charge on any atom is 0.256 e. The molecule has 36 heavy (non-hydrogen) atoms. The number of halogens is 1. The van der Waals surface area contributed by atoms with E-state index in [0.29, 0.717) is 34.9 Å². The molecule has 1 fully saturated rings. The monoisotopic (exact) mass is 491 g/mol. The molecule has 186 valence electrons. The normalized spacial score (nSPS) is 24.4. The standard InChI is InChI=1S/C27H26FN3O5/c1-3-35-23-14-18(10-13-22(23)36-15-17-8-11-19(28)12-9-17)24-16(2)30-27(25(24)31(33)34)20-6-4-5-7-21(20)29-26(27)32/h4-14,16,24-25,30H,3,15H2,1-2H3,(H,29,32)/t16-,24-,25-,27+/m0/s1. The highest BCUT2D eigenvalue weighted by Crippen LogP contribution is 2.50. The topological polar surface area (TPSA) is 103 Å². The van der Waals surface area contributed by atoms with Crippen LogP contribution in [0.5, 0.6) is 11.5 Å². The minimum absolute atomic E-state index is 0.207. The van der Waals surface area contributed by atoms with Gasteiger partial charge in [-0.2, -0.15) is 0 Å². The number of fused-ring (bicyclic) bond motifs is 2. The number of rotatable bonds is 7. The summed E-state index contributed by atoms with van der Waals surface area (Å²) < 4.78 is 24.9. The Balaban J connectivity index is 1.50. The second-order valence-electron chi connectivity index (χ2n) is 9.05. The molecule has 0 aromatic heterocycles. The van der Waals surface area contributed by atoms with Gasteiger partial charge in [-0.3, -0.25) is 20.2 Å². The fourth-order valence-corrected chi connectivity index (χ4v) is 5.41. The molecule has 0 bridgehead atoms. The van der Waals surface area contributed by atoms with E-state index in [-0.39, 0.29) is 23.4 Å². The van der Waals surface area contributed by atoms with Crippen molar-refractivity contribution in [3.8, 4) is 11.5 Å². The maximum atomic E-state index is 13.2. The molecule has 0 saturated carbocycles. The van der Waals surface area contributed by atoms with Crippen molar-refractivity contribution in [2.45, 2.75) is 44.0 Å². The Morgan fingerprint density at radius 3 is 2.53 bits per heavy atom. The van der Waals surface area contributed by atoms with Gasteiger partial charge in [0.25, 0.3) is 11.9 Å². The number of para-hydroxylation sites is 1. The van der Waals surface area contributed by atoms with E-state index >= 15 is 0 Å². The van der Waals surface area contributed by atoms with Gasteiger partial charge in [-0.15, -0.1) is 0 Å². The summed E-state index contributed by atoms with van der Waals surface area (Å²) in [6.07, 6.45) is 0. The first kappa shape index (κ1) is 23.7. The number of anilines is 1. The van der Waals surface area contributed by atoms with Crippen LogP contribution in [-0.2, 0) is 16.9 Å². The quantitative estimate of drug-likeness (QED) is 0.376. The average molecular weight is 492 g/mol. The fraction of sp³-hybridized carbons (Fsp3) is 0.296. The third-order valence-electron chi connectivity index (χ3n) is 6.92. The number of ether oxygens (including phenoxy) is 2. The van der Waals surface area contributed by atoms with Crippen LogP contribution in [0.3, 0.4) is 0 Å². The first-order chi connectivity index (χ1) is 17.3. The van der Waals surface area contributed by atoms with Gasteiger partial charge < -0.3 is 14.8 Å². The maximum absolute atomic E-state index is 13.2. The van der Waals surface area contributed by atoms with Crippen molar-refractivity contribution in [3.05, 3.63) is 99.4 Å². The van der Waals surface area contributed by atoms with Crippen LogP contribution in [-0.4, -0.2) is 29.5 Å². The van der Waals surface area contributed by atoms with Gasteiger partial charge in [0.05, 0.1) is 12.5 Å². The molecular weight excluding hydrogens is 465 g/mol. The van der Waals surface area contributed by atoms with Gasteiger partial charge in [0.2, 0.25) is 0 Å². The molecule has 9 heteroatoms. The van der Waals surface area contributed by atoms with Gasteiger partial charge in [0, 0.05) is 22.2 Å². The van der Waals surface area contributed by atoms with Crippen molar-refractivity contribution in [1.29, 1.82) is 0 Å². The lowest BCUT2D eigenvalue weighted by Crippen LogP contribution is -2.54. The van der Waals surface area contributed by atoms with E-state index in [4.69, 9.17) is 9.47 Å². The van der Waals surface area contributed by atoms with Crippen LogP contribution in [0.25, 0.3) is 0 Å². The lowest BCUT2D eigenvalue weighted by molar-refractivity contribution is -0.532. The highest BCUT2D eigenvalue weighted by Gasteiger charge is 2.67. The predicted octanol–water partition coefficient (Wildman–Crippen LogP) is 4.37. The second kappa shape index (κ2) is 9.23. The van der Waals surface area contributed by atoms with E-state index in [1.54, 1.807) is 54.6 Å². The molecule has 2 heterocycles. The number of benzene rings is 3. The van der Waals surface area contributed by atoms with Crippen LogP contribution in [0.4, 0.5) is 10.1 Å². The van der Waals surface area contributed by atoms with E-state index in [2.05, 4.69) is 10.6 Å². The Labute approximate surface area is 207 Å². The van der Waals surface area contributed by atoms with E-state index in [9.17, 15) is 19.3 Å². The number of nitro groups is 1. The molecule has 2 aliphatic heterocycles. The van der Waals surface area contributed by atoms with Gasteiger partial charge in [0.1, 0.15) is 12.4 Å². The Hall–Kier alpha value is -3.98. The lowest BCUT2D eigenvalue weighted by atomic mass is 9.78. The summed E-state index contributed by atoms with van der Waals surface area (Å²) in [5, 5.41) is 18.6. The predicted molar refractivity (Wildman–Crippen MR) is 131 cm³/mol. The second-order valence-corrected chi connectivity index (χ2v) is 9.05. The number of hydrogen-bond donors (Lipinski definition) is 2. The Kier molecular flexibility index (Phi) is 6.09. The van der Waals surface area contributed by atoms with Crippen molar-refractivity contribution in [2.24, 2.45) is 0 Å². The highest BCUT2D eigenvalue weighted by molar-refractivity contribution is 6.07. The molecular formula is C27H26FN3O5. The van der Waals surface area contributed by atoms with Gasteiger partial charge in [-0.1, -0.05) is 36.4 Å². The van der Waals surface area contributed by atoms with Crippen molar-refractivity contribution in [1.82, 2.24) is 5.32 Å². The van der Waals surface area contributed by atoms with E-state index in [1.807, 2.05) is 13.8 Å². The summed E-state index contributed by atoms with van der Waals surface area (Å²) >= 11 is 0. The Morgan fingerprint density at radius 1 is 1.06 bits per heavy atom. The summed E-state index contributed by atoms with van der Waals surface area (Å²) in [7, 11) is 0. The Morgan fingerprint density at radius 2 is 1.81 bits per heavy atom. The zero-order valence-corrected chi connectivity index (χ0v) is 19.9. The first-order valence-corrected chi connectivity index (χ1v) is 11.8. The molecule has 5 rings (SSSR count). The van der Waals surface area contributed by atoms with Crippen LogP contribution in [0.1, 0.15) is 36.5 Å². The molecule has 1 saturated heterocycles. The lowest BCUT2D eigenvalue weighted by Gasteiger charge is -2.25. The number of nitrogens with one attached hydrogen (secondary N) is 2. The van der Waals surface area contributed by atoms with Crippen LogP contribution in [0.15, 0.2) is 66.7 Å². The van der Waals surface area contributed by atoms with Crippen molar-refractivity contribution in [2.75, 3.05) is 11.9 Å². The Bertz CT molecular complexity index is 1320. The van der Waals surface area contributed by atoms with Crippen molar-refractivity contribution < 1.29 is 23.6 Å². The van der Waals surface area contributed by atoms with E-state index in [0.717, 1.165) is 5.56 Å². The van der Waals surface area contributed by atoms with Gasteiger partial charge in [0.15, 0.2) is 17.0 Å². The number of carbonyl (C=O) groups excluding carboxylic acids is 1. The average Bonchev–Trinajstić information content (AvgIpc) is 3.33. The molecule has 0 unspecified atom stereocenters. The number of carbonyl (C=O) groups is 1. The molecule has 3 aromatic rings. The highest BCUT2D eigenvalue weighted by atomic mass is 19.1. The summed E-state index contributed by atoms with van der Waals surface area (Å²) in [5.41, 5.74) is 1.14. The fourth-order valence-electron chi connectivity index (χ4n) is 5.41. The van der Waals surface area contributed by atoms with Gasteiger partial charge in [-0.25, -0.2) is 4.39 Å². The molecule has 0 radical (unpaired) electrons. The molecule has 1 amide bonds. The van der Waals surface area contributed by atoms with Crippen molar-refractivity contribution in [3.63, 3.8) is 0 Å². The molecule has 2 aliphatic rings. The number of nitrogens with zero attached hydrogens (tertiary/aromatic N) is 1. The molecule has 2 N–H and O–H groups in total. The minimum Gasteiger partial charge on any atom is -0.490 e. The zero-order chi connectivity index (χ0) is 25.4. The van der Waals surface area contributed by atoms with E-state index < -0.39 is 23.4 Å². The van der Waals surface area contributed by atoms with E-state index in [1.165, 1.54) is 12.1 Å². The first-order valence-electron chi connectivity index (χ1n) is 11.8. The third-order valence-corrected chi connectivity index (χ3v) is 6.92. The number of amides is 1. The largest absolute Gasteiger partial charge is 0.490 e. The summed E-state index contributed by atoms with van der Waals surface area (Å²) in [5.74, 6) is -0.441. The van der Waals surface area contributed by atoms with Crippen LogP contribution >= 0.6 is 0 Å². The van der Waals surface area contributed by atoms with Gasteiger partial charge >= 0.3 is 0 Å². The molecule has 1 spiro atoms. The smallest absolute Gasteiger partial charge is 0.256 e.